The summed E-state index contributed by atoms with van der Waals surface area (Å²) in [6.45, 7) is 5.18. The van der Waals surface area contributed by atoms with Gasteiger partial charge in [-0.1, -0.05) is 90.0 Å². The topological polar surface area (TPSA) is 56.0 Å². The van der Waals surface area contributed by atoms with Gasteiger partial charge >= 0.3 is 5.69 Å². The Morgan fingerprint density at radius 2 is 1.22 bits per heavy atom. The molecule has 0 radical (unpaired) electrons. The summed E-state index contributed by atoms with van der Waals surface area (Å²) < 4.78 is 2.95. The average molecular weight is 426 g/mol. The second-order valence-electron chi connectivity index (χ2n) is 8.14. The number of aryl methyl sites for hydroxylation is 2. The van der Waals surface area contributed by atoms with Crippen LogP contribution in [0, 0.1) is 13.8 Å². The van der Waals surface area contributed by atoms with Crippen LogP contribution in [0.3, 0.4) is 0 Å². The number of hydrogen-bond acceptors (Lipinski definition) is 3. The van der Waals surface area contributed by atoms with Crippen molar-refractivity contribution in [2.45, 2.75) is 33.5 Å². The van der Waals surface area contributed by atoms with Crippen LogP contribution < -0.4 is 16.6 Å². The fourth-order valence-corrected chi connectivity index (χ4v) is 3.96. The number of aromatic nitrogens is 2. The average Bonchev–Trinajstić information content (AvgIpc) is 2.78. The normalized spacial score (nSPS) is 10.8. The Hall–Kier alpha value is -3.86. The Kier molecular flexibility index (Phi) is 6.36. The number of benzene rings is 3. The molecule has 0 aliphatic heterocycles. The molecule has 3 aromatic carbocycles. The molecule has 162 valence electrons. The molecule has 5 nitrogen and oxygen atoms in total. The van der Waals surface area contributed by atoms with Gasteiger partial charge in [-0.2, -0.15) is 0 Å². The molecule has 0 bridgehead atoms. The van der Waals surface area contributed by atoms with E-state index >= 15 is 0 Å². The van der Waals surface area contributed by atoms with E-state index in [9.17, 15) is 9.59 Å². The van der Waals surface area contributed by atoms with Gasteiger partial charge in [0, 0.05) is 12.6 Å². The minimum Gasteiger partial charge on any atom is -0.367 e. The van der Waals surface area contributed by atoms with Crippen molar-refractivity contribution in [1.29, 1.82) is 0 Å². The first-order chi connectivity index (χ1) is 15.5. The summed E-state index contributed by atoms with van der Waals surface area (Å²) in [4.78, 5) is 26.4. The lowest BCUT2D eigenvalue weighted by molar-refractivity contribution is 0.615. The van der Waals surface area contributed by atoms with Crippen LogP contribution in [0.15, 0.2) is 94.5 Å². The third kappa shape index (κ3) is 5.06. The number of hydrogen-bond donors (Lipinski definition) is 1. The first-order valence-electron chi connectivity index (χ1n) is 10.7. The molecule has 0 saturated carbocycles. The van der Waals surface area contributed by atoms with E-state index < -0.39 is 0 Å². The fraction of sp³-hybridized carbons (Fsp3) is 0.185. The molecule has 5 heteroatoms. The number of rotatable bonds is 7. The minimum atomic E-state index is -0.323. The number of nitrogens with one attached hydrogen (secondary N) is 1. The molecule has 0 amide bonds. The van der Waals surface area contributed by atoms with E-state index in [1.807, 2.05) is 86.6 Å². The zero-order valence-electron chi connectivity index (χ0n) is 18.4. The van der Waals surface area contributed by atoms with Crippen LogP contribution in [0.5, 0.6) is 0 Å². The molecule has 0 aliphatic carbocycles. The van der Waals surface area contributed by atoms with Gasteiger partial charge in [0.05, 0.1) is 13.1 Å². The van der Waals surface area contributed by atoms with Gasteiger partial charge < -0.3 is 5.32 Å². The van der Waals surface area contributed by atoms with Gasteiger partial charge in [0.1, 0.15) is 5.82 Å². The predicted octanol–water partition coefficient (Wildman–Crippen LogP) is 4.34. The van der Waals surface area contributed by atoms with Crippen molar-refractivity contribution in [2.75, 3.05) is 5.32 Å². The highest BCUT2D eigenvalue weighted by atomic mass is 16.2. The SMILES string of the molecule is Cc1cc(C)cc(Cn2c(=O)cc(NCc3ccccc3)n(Cc3ccccc3)c2=O)c1. The van der Waals surface area contributed by atoms with Crippen molar-refractivity contribution in [3.63, 3.8) is 0 Å². The van der Waals surface area contributed by atoms with Crippen molar-refractivity contribution in [3.8, 4) is 0 Å². The molecular formula is C27H27N3O2. The summed E-state index contributed by atoms with van der Waals surface area (Å²) in [6, 6.07) is 27.3. The van der Waals surface area contributed by atoms with E-state index in [2.05, 4.69) is 11.4 Å². The summed E-state index contributed by atoms with van der Waals surface area (Å²) in [5, 5.41) is 3.29. The highest BCUT2D eigenvalue weighted by molar-refractivity contribution is 5.37. The summed E-state index contributed by atoms with van der Waals surface area (Å²) in [7, 11) is 0. The largest absolute Gasteiger partial charge is 0.367 e. The van der Waals surface area contributed by atoms with Gasteiger partial charge in [0.15, 0.2) is 0 Å². The van der Waals surface area contributed by atoms with Crippen LogP contribution in [-0.4, -0.2) is 9.13 Å². The molecule has 1 aromatic heterocycles. The Labute approximate surface area is 187 Å². The van der Waals surface area contributed by atoms with E-state index in [1.165, 1.54) is 10.6 Å². The van der Waals surface area contributed by atoms with E-state index in [4.69, 9.17) is 0 Å². The molecule has 0 aliphatic rings. The van der Waals surface area contributed by atoms with Crippen molar-refractivity contribution in [2.24, 2.45) is 0 Å². The van der Waals surface area contributed by atoms with Crippen LogP contribution in [0.2, 0.25) is 0 Å². The number of nitrogens with zero attached hydrogens (tertiary/aromatic N) is 2. The Morgan fingerprint density at radius 3 is 1.84 bits per heavy atom. The van der Waals surface area contributed by atoms with Gasteiger partial charge in [-0.25, -0.2) is 4.79 Å². The zero-order valence-corrected chi connectivity index (χ0v) is 18.4. The first kappa shape index (κ1) is 21.4. The molecule has 0 spiro atoms. The van der Waals surface area contributed by atoms with E-state index in [0.717, 1.165) is 27.8 Å². The Balaban J connectivity index is 1.74. The van der Waals surface area contributed by atoms with Crippen molar-refractivity contribution in [3.05, 3.63) is 134 Å². The van der Waals surface area contributed by atoms with Gasteiger partial charge in [-0.15, -0.1) is 0 Å². The third-order valence-corrected chi connectivity index (χ3v) is 5.40. The monoisotopic (exact) mass is 425 g/mol. The van der Waals surface area contributed by atoms with Crippen LogP contribution in [0.1, 0.15) is 27.8 Å². The van der Waals surface area contributed by atoms with Crippen molar-refractivity contribution in [1.82, 2.24) is 9.13 Å². The fourth-order valence-electron chi connectivity index (χ4n) is 3.96. The maximum atomic E-state index is 13.5. The second-order valence-corrected chi connectivity index (χ2v) is 8.14. The molecule has 0 unspecified atom stereocenters. The molecule has 0 saturated heterocycles. The van der Waals surface area contributed by atoms with Crippen molar-refractivity contribution < 1.29 is 0 Å². The molecule has 0 fully saturated rings. The molecule has 4 aromatic rings. The third-order valence-electron chi connectivity index (χ3n) is 5.40. The lowest BCUT2D eigenvalue weighted by atomic mass is 10.1. The lowest BCUT2D eigenvalue weighted by Crippen LogP contribution is -2.41. The van der Waals surface area contributed by atoms with Gasteiger partial charge in [0.25, 0.3) is 5.56 Å². The van der Waals surface area contributed by atoms with E-state index in [0.29, 0.717) is 18.9 Å². The molecule has 4 rings (SSSR count). The first-order valence-corrected chi connectivity index (χ1v) is 10.7. The molecule has 1 heterocycles. The quantitative estimate of drug-likeness (QED) is 0.479. The number of anilines is 1. The predicted molar refractivity (Wildman–Crippen MR) is 129 cm³/mol. The summed E-state index contributed by atoms with van der Waals surface area (Å²) in [5.74, 6) is 0.518. The Bertz CT molecular complexity index is 1300. The summed E-state index contributed by atoms with van der Waals surface area (Å²) in [6.07, 6.45) is 0. The molecule has 0 atom stereocenters. The molecular weight excluding hydrogens is 398 g/mol. The van der Waals surface area contributed by atoms with E-state index in [1.54, 1.807) is 4.57 Å². The van der Waals surface area contributed by atoms with E-state index in [-0.39, 0.29) is 17.8 Å². The second kappa shape index (κ2) is 9.52. The lowest BCUT2D eigenvalue weighted by Gasteiger charge is -2.17. The van der Waals surface area contributed by atoms with Crippen LogP contribution >= 0.6 is 0 Å². The highest BCUT2D eigenvalue weighted by Gasteiger charge is 2.13. The summed E-state index contributed by atoms with van der Waals surface area (Å²) >= 11 is 0. The maximum Gasteiger partial charge on any atom is 0.333 e. The van der Waals surface area contributed by atoms with Crippen LogP contribution in [0.4, 0.5) is 5.82 Å². The Morgan fingerprint density at radius 1 is 0.656 bits per heavy atom. The van der Waals surface area contributed by atoms with Gasteiger partial charge in [-0.3, -0.25) is 13.9 Å². The standard InChI is InChI=1S/C27H27N3O2/c1-20-13-21(2)15-24(14-20)19-30-26(31)16-25(28-17-22-9-5-3-6-10-22)29(27(30)32)18-23-11-7-4-8-12-23/h3-16,28H,17-19H2,1-2H3. The van der Waals surface area contributed by atoms with Crippen LogP contribution in [-0.2, 0) is 19.6 Å². The molecule has 1 N–H and O–H groups in total. The minimum absolute atomic E-state index is 0.244. The van der Waals surface area contributed by atoms with Crippen LogP contribution in [0.25, 0.3) is 0 Å². The highest BCUT2D eigenvalue weighted by Crippen LogP contribution is 2.12. The van der Waals surface area contributed by atoms with Gasteiger partial charge in [0.2, 0.25) is 0 Å². The smallest absolute Gasteiger partial charge is 0.333 e. The summed E-state index contributed by atoms with van der Waals surface area (Å²) in [5.41, 5.74) is 4.60. The molecule has 32 heavy (non-hydrogen) atoms. The van der Waals surface area contributed by atoms with Gasteiger partial charge in [-0.05, 0) is 30.5 Å². The zero-order chi connectivity index (χ0) is 22.5. The van der Waals surface area contributed by atoms with Crippen molar-refractivity contribution >= 4 is 5.82 Å². The maximum absolute atomic E-state index is 13.5.